The first kappa shape index (κ1) is 18.7. The SMILES string of the molecule is CN1C(=O)c2ccccc2[C@@H](C(=O)Nc2ccc(F)c(Cl)c2)[C@@H]1c1cccs1. The van der Waals surface area contributed by atoms with E-state index < -0.39 is 17.8 Å². The quantitative estimate of drug-likeness (QED) is 0.649. The van der Waals surface area contributed by atoms with E-state index in [0.717, 1.165) is 4.88 Å². The summed E-state index contributed by atoms with van der Waals surface area (Å²) in [7, 11) is 1.71. The number of carbonyl (C=O) groups excluding carboxylic acids is 2. The van der Waals surface area contributed by atoms with Gasteiger partial charge in [0.05, 0.1) is 17.0 Å². The van der Waals surface area contributed by atoms with Crippen LogP contribution in [0.25, 0.3) is 0 Å². The van der Waals surface area contributed by atoms with E-state index in [-0.39, 0.29) is 16.8 Å². The maximum Gasteiger partial charge on any atom is 0.254 e. The predicted molar refractivity (Wildman–Crippen MR) is 108 cm³/mol. The molecule has 1 aliphatic heterocycles. The van der Waals surface area contributed by atoms with Gasteiger partial charge in [-0.3, -0.25) is 9.59 Å². The number of benzene rings is 2. The first-order valence-corrected chi connectivity index (χ1v) is 9.88. The van der Waals surface area contributed by atoms with Gasteiger partial charge < -0.3 is 10.2 Å². The molecule has 1 aliphatic rings. The van der Waals surface area contributed by atoms with Crippen molar-refractivity contribution in [2.75, 3.05) is 12.4 Å². The van der Waals surface area contributed by atoms with Crippen LogP contribution >= 0.6 is 22.9 Å². The molecule has 2 amide bonds. The van der Waals surface area contributed by atoms with E-state index in [0.29, 0.717) is 16.8 Å². The first-order chi connectivity index (χ1) is 13.5. The van der Waals surface area contributed by atoms with Crippen LogP contribution in [-0.2, 0) is 4.79 Å². The fourth-order valence-corrected chi connectivity index (χ4v) is 4.65. The third-order valence-electron chi connectivity index (χ3n) is 4.88. The van der Waals surface area contributed by atoms with Gasteiger partial charge in [0.2, 0.25) is 5.91 Å². The van der Waals surface area contributed by atoms with Gasteiger partial charge in [-0.2, -0.15) is 0 Å². The summed E-state index contributed by atoms with van der Waals surface area (Å²) in [5, 5.41) is 4.68. The van der Waals surface area contributed by atoms with Crippen LogP contribution in [0.5, 0.6) is 0 Å². The molecule has 4 nitrogen and oxygen atoms in total. The molecule has 0 aliphatic carbocycles. The molecule has 7 heteroatoms. The van der Waals surface area contributed by atoms with Crippen LogP contribution < -0.4 is 5.32 Å². The molecule has 0 radical (unpaired) electrons. The lowest BCUT2D eigenvalue weighted by molar-refractivity contribution is -0.119. The van der Waals surface area contributed by atoms with Crippen molar-refractivity contribution in [3.8, 4) is 0 Å². The van der Waals surface area contributed by atoms with E-state index in [1.165, 1.54) is 29.5 Å². The first-order valence-electron chi connectivity index (χ1n) is 8.63. The van der Waals surface area contributed by atoms with Crippen LogP contribution in [-0.4, -0.2) is 23.8 Å². The zero-order valence-corrected chi connectivity index (χ0v) is 16.4. The van der Waals surface area contributed by atoms with Gasteiger partial charge in [-0.05, 0) is 41.3 Å². The Morgan fingerprint density at radius 2 is 1.96 bits per heavy atom. The van der Waals surface area contributed by atoms with Crippen LogP contribution in [0.3, 0.4) is 0 Å². The standard InChI is InChI=1S/C21H16ClFN2O2S/c1-25-19(17-7-4-10-28-17)18(13-5-2-3-6-14(13)21(25)27)20(26)24-12-8-9-16(23)15(22)11-12/h2-11,18-19H,1H3,(H,24,26)/t18-,19+/m1/s1. The molecule has 28 heavy (non-hydrogen) atoms. The van der Waals surface area contributed by atoms with E-state index in [9.17, 15) is 14.0 Å². The summed E-state index contributed by atoms with van der Waals surface area (Å²) >= 11 is 7.34. The highest BCUT2D eigenvalue weighted by Gasteiger charge is 2.43. The van der Waals surface area contributed by atoms with E-state index >= 15 is 0 Å². The fourth-order valence-electron chi connectivity index (χ4n) is 3.57. The smallest absolute Gasteiger partial charge is 0.254 e. The third-order valence-corrected chi connectivity index (χ3v) is 6.12. The van der Waals surface area contributed by atoms with Crippen LogP contribution in [0.15, 0.2) is 60.0 Å². The van der Waals surface area contributed by atoms with Crippen molar-refractivity contribution in [3.63, 3.8) is 0 Å². The van der Waals surface area contributed by atoms with E-state index in [2.05, 4.69) is 5.32 Å². The second-order valence-corrected chi connectivity index (χ2v) is 7.95. The molecule has 0 bridgehead atoms. The number of anilines is 1. The number of rotatable bonds is 3. The molecule has 0 spiro atoms. The van der Waals surface area contributed by atoms with Gasteiger partial charge in [0, 0.05) is 23.2 Å². The Morgan fingerprint density at radius 1 is 1.18 bits per heavy atom. The Labute approximate surface area is 170 Å². The van der Waals surface area contributed by atoms with E-state index in [4.69, 9.17) is 11.6 Å². The fraction of sp³-hybridized carbons (Fsp3) is 0.143. The van der Waals surface area contributed by atoms with Gasteiger partial charge in [-0.1, -0.05) is 35.9 Å². The molecule has 3 aromatic rings. The molecule has 2 aromatic carbocycles. The summed E-state index contributed by atoms with van der Waals surface area (Å²) in [6.07, 6.45) is 0. The maximum absolute atomic E-state index is 13.4. The normalized spacial score (nSPS) is 18.7. The number of nitrogens with one attached hydrogen (secondary N) is 1. The zero-order chi connectivity index (χ0) is 19.8. The van der Waals surface area contributed by atoms with Gasteiger partial charge in [0.15, 0.2) is 0 Å². The van der Waals surface area contributed by atoms with Crippen molar-refractivity contribution in [2.45, 2.75) is 12.0 Å². The molecule has 0 fully saturated rings. The Bertz CT molecular complexity index is 1050. The Balaban J connectivity index is 1.78. The molecular formula is C21H16ClFN2O2S. The van der Waals surface area contributed by atoms with Crippen molar-refractivity contribution in [2.24, 2.45) is 0 Å². The predicted octanol–water partition coefficient (Wildman–Crippen LogP) is 5.09. The number of likely N-dealkylation sites (N-methyl/N-ethyl adjacent to an activating group) is 1. The molecular weight excluding hydrogens is 399 g/mol. The van der Waals surface area contributed by atoms with Crippen molar-refractivity contribution in [3.05, 3.63) is 86.8 Å². The topological polar surface area (TPSA) is 49.4 Å². The Hall–Kier alpha value is -2.70. The number of amides is 2. The molecule has 142 valence electrons. The number of carbonyl (C=O) groups is 2. The number of nitrogens with zero attached hydrogens (tertiary/aromatic N) is 1. The second-order valence-electron chi connectivity index (χ2n) is 6.56. The van der Waals surface area contributed by atoms with E-state index in [1.54, 1.807) is 24.1 Å². The van der Waals surface area contributed by atoms with Crippen LogP contribution in [0.2, 0.25) is 5.02 Å². The monoisotopic (exact) mass is 414 g/mol. The highest BCUT2D eigenvalue weighted by Crippen LogP contribution is 2.43. The largest absolute Gasteiger partial charge is 0.333 e. The van der Waals surface area contributed by atoms with Gasteiger partial charge in [0.1, 0.15) is 5.82 Å². The molecule has 0 saturated heterocycles. The number of halogens is 2. The Kier molecular flexibility index (Phi) is 4.91. The van der Waals surface area contributed by atoms with Crippen molar-refractivity contribution in [1.29, 1.82) is 0 Å². The van der Waals surface area contributed by atoms with Crippen LogP contribution in [0.4, 0.5) is 10.1 Å². The number of hydrogen-bond donors (Lipinski definition) is 1. The maximum atomic E-state index is 13.4. The van der Waals surface area contributed by atoms with Crippen molar-refractivity contribution >= 4 is 40.4 Å². The van der Waals surface area contributed by atoms with Gasteiger partial charge in [-0.15, -0.1) is 11.3 Å². The second kappa shape index (κ2) is 7.37. The molecule has 0 saturated carbocycles. The van der Waals surface area contributed by atoms with Gasteiger partial charge in [0.25, 0.3) is 5.91 Å². The molecule has 4 rings (SSSR count). The molecule has 1 aromatic heterocycles. The number of fused-ring (bicyclic) bond motifs is 1. The average molecular weight is 415 g/mol. The minimum atomic E-state index is -0.610. The Morgan fingerprint density at radius 3 is 2.68 bits per heavy atom. The molecule has 1 N–H and O–H groups in total. The van der Waals surface area contributed by atoms with Crippen molar-refractivity contribution < 1.29 is 14.0 Å². The summed E-state index contributed by atoms with van der Waals surface area (Å²) in [4.78, 5) is 28.7. The van der Waals surface area contributed by atoms with Crippen molar-refractivity contribution in [1.82, 2.24) is 4.90 Å². The zero-order valence-electron chi connectivity index (χ0n) is 14.9. The summed E-state index contributed by atoms with van der Waals surface area (Å²) in [5.74, 6) is -1.57. The summed E-state index contributed by atoms with van der Waals surface area (Å²) in [6.45, 7) is 0. The lowest BCUT2D eigenvalue weighted by Crippen LogP contribution is -2.43. The van der Waals surface area contributed by atoms with Crippen LogP contribution in [0, 0.1) is 5.82 Å². The lowest BCUT2D eigenvalue weighted by atomic mass is 9.81. The lowest BCUT2D eigenvalue weighted by Gasteiger charge is -2.39. The van der Waals surface area contributed by atoms with Crippen LogP contribution in [0.1, 0.15) is 32.8 Å². The minimum absolute atomic E-state index is 0.0658. The summed E-state index contributed by atoms with van der Waals surface area (Å²) in [6, 6.07) is 14.6. The summed E-state index contributed by atoms with van der Waals surface area (Å²) < 4.78 is 13.4. The molecule has 2 heterocycles. The highest BCUT2D eigenvalue weighted by atomic mass is 35.5. The minimum Gasteiger partial charge on any atom is -0.333 e. The number of hydrogen-bond acceptors (Lipinski definition) is 3. The number of thiophene rings is 1. The average Bonchev–Trinajstić information content (AvgIpc) is 3.21. The summed E-state index contributed by atoms with van der Waals surface area (Å²) in [5.41, 5.74) is 1.59. The molecule has 2 atom stereocenters. The third kappa shape index (κ3) is 3.19. The van der Waals surface area contributed by atoms with Gasteiger partial charge in [-0.25, -0.2) is 4.39 Å². The highest BCUT2D eigenvalue weighted by molar-refractivity contribution is 7.10. The van der Waals surface area contributed by atoms with Gasteiger partial charge >= 0.3 is 0 Å². The van der Waals surface area contributed by atoms with E-state index in [1.807, 2.05) is 29.6 Å². The molecule has 0 unspecified atom stereocenters.